The largest absolute Gasteiger partial charge is 0.478 e. The van der Waals surface area contributed by atoms with Crippen molar-refractivity contribution in [1.82, 2.24) is 4.90 Å². The van der Waals surface area contributed by atoms with Crippen molar-refractivity contribution in [3.8, 4) is 22.9 Å². The smallest absolute Gasteiger partial charge is 0.337 e. The van der Waals surface area contributed by atoms with Crippen LogP contribution < -0.4 is 14.5 Å². The monoisotopic (exact) mass is 702 g/mol. The fourth-order valence-corrected chi connectivity index (χ4v) is 7.96. The second-order valence-corrected chi connectivity index (χ2v) is 14.9. The highest BCUT2D eigenvalue weighted by Gasteiger charge is 2.50. The van der Waals surface area contributed by atoms with E-state index < -0.39 is 23.5 Å². The van der Waals surface area contributed by atoms with E-state index in [9.17, 15) is 20.0 Å². The Bertz CT molecular complexity index is 1930. The molecule has 260 valence electrons. The van der Waals surface area contributed by atoms with Crippen LogP contribution in [-0.2, 0) is 20.8 Å². The zero-order chi connectivity index (χ0) is 34.9. The van der Waals surface area contributed by atoms with E-state index in [4.69, 9.17) is 30.5 Å². The van der Waals surface area contributed by atoms with Crippen LogP contribution in [0.3, 0.4) is 0 Å². The number of halogens is 2. The number of para-hydroxylation sites is 1. The number of benzene rings is 3. The Morgan fingerprint density at radius 2 is 1.76 bits per heavy atom. The Kier molecular flexibility index (Phi) is 7.95. The highest BCUT2D eigenvalue weighted by Crippen LogP contribution is 2.44. The normalized spacial score (nSPS) is 23.1. The van der Waals surface area contributed by atoms with Gasteiger partial charge in [-0.3, -0.25) is 4.79 Å². The quantitative estimate of drug-likeness (QED) is 0.356. The van der Waals surface area contributed by atoms with Crippen molar-refractivity contribution >= 4 is 34.9 Å². The number of carboxylic acids is 1. The highest BCUT2D eigenvalue weighted by molar-refractivity contribution is 6.34. The van der Waals surface area contributed by atoms with Crippen LogP contribution in [0.15, 0.2) is 42.5 Å². The molecule has 0 radical (unpaired) electrons. The van der Waals surface area contributed by atoms with E-state index in [0.717, 1.165) is 18.9 Å². The lowest BCUT2D eigenvalue weighted by Crippen LogP contribution is -2.68. The van der Waals surface area contributed by atoms with E-state index in [1.807, 2.05) is 4.90 Å². The molecule has 3 aromatic rings. The Hall–Kier alpha value is -4.41. The lowest BCUT2D eigenvalue weighted by molar-refractivity contribution is -0.307. The van der Waals surface area contributed by atoms with Gasteiger partial charge in [0.05, 0.1) is 85.5 Å². The number of aromatic carboxylic acids is 1. The van der Waals surface area contributed by atoms with Gasteiger partial charge in [-0.05, 0) is 37.1 Å². The number of hydrogen-bond donors (Lipinski definition) is 1. The van der Waals surface area contributed by atoms with Crippen LogP contribution in [0.5, 0.6) is 5.75 Å². The van der Waals surface area contributed by atoms with Crippen LogP contribution in [0, 0.1) is 22.6 Å². The minimum Gasteiger partial charge on any atom is -0.478 e. The lowest BCUT2D eigenvalue weighted by atomic mass is 9.93. The Morgan fingerprint density at radius 3 is 2.44 bits per heavy atom. The molecule has 1 amide bonds. The van der Waals surface area contributed by atoms with Crippen molar-refractivity contribution < 1.29 is 38.0 Å². The highest BCUT2D eigenvalue weighted by atomic mass is 35.5. The number of amides is 1. The number of carboxylic acid groups (broad SMARTS) is 1. The van der Waals surface area contributed by atoms with Gasteiger partial charge >= 0.3 is 5.97 Å². The summed E-state index contributed by atoms with van der Waals surface area (Å²) in [6.45, 7) is 7.23. The number of anilines is 2. The average molecular weight is 703 g/mol. The number of fused-ring (bicyclic) bond motifs is 3. The molecule has 1 spiro atoms. The summed E-state index contributed by atoms with van der Waals surface area (Å²) in [6.07, 6.45) is 1.73. The van der Waals surface area contributed by atoms with Crippen LogP contribution in [0.25, 0.3) is 11.1 Å². The summed E-state index contributed by atoms with van der Waals surface area (Å²) in [5.74, 6) is -2.65. The molecule has 2 atom stereocenters. The van der Waals surface area contributed by atoms with Crippen LogP contribution in [0.1, 0.15) is 58.5 Å². The van der Waals surface area contributed by atoms with Crippen LogP contribution in [0.4, 0.5) is 15.8 Å². The maximum Gasteiger partial charge on any atom is 0.337 e. The molecular weight excluding hydrogens is 667 g/mol. The molecule has 3 aromatic carbocycles. The molecule has 4 fully saturated rings. The van der Waals surface area contributed by atoms with Crippen molar-refractivity contribution in [3.05, 3.63) is 75.6 Å². The Labute approximate surface area is 293 Å². The second-order valence-electron chi connectivity index (χ2n) is 14.5. The summed E-state index contributed by atoms with van der Waals surface area (Å²) in [7, 11) is 0. The number of nitriles is 1. The van der Waals surface area contributed by atoms with Gasteiger partial charge in [-0.15, -0.1) is 0 Å². The van der Waals surface area contributed by atoms with Crippen molar-refractivity contribution in [2.24, 2.45) is 5.41 Å². The molecule has 0 aromatic heterocycles. The fourth-order valence-electron chi connectivity index (χ4n) is 7.67. The number of carbonyl (C=O) groups excluding carboxylic acids is 1. The van der Waals surface area contributed by atoms with E-state index in [-0.39, 0.29) is 58.1 Å². The van der Waals surface area contributed by atoms with Gasteiger partial charge in [-0.25, -0.2) is 9.18 Å². The zero-order valence-electron chi connectivity index (χ0n) is 27.7. The Balaban J connectivity index is 1.04. The van der Waals surface area contributed by atoms with E-state index in [1.54, 1.807) is 36.4 Å². The first-order chi connectivity index (χ1) is 24.0. The lowest BCUT2D eigenvalue weighted by Gasteiger charge is -2.54. The molecule has 4 saturated heterocycles. The van der Waals surface area contributed by atoms with E-state index >= 15 is 4.39 Å². The summed E-state index contributed by atoms with van der Waals surface area (Å²) in [5.41, 5.74) is 2.48. The minimum absolute atomic E-state index is 0.0139. The van der Waals surface area contributed by atoms with Crippen molar-refractivity contribution in [1.29, 1.82) is 5.26 Å². The molecule has 2 unspecified atom stereocenters. The van der Waals surface area contributed by atoms with Crippen LogP contribution in [0.2, 0.25) is 5.02 Å². The molecule has 8 rings (SSSR count). The zero-order valence-corrected chi connectivity index (χ0v) is 28.5. The standard InChI is InChI=1S/C37H36ClFN4O7/c1-36(2)18-49-37(50-19-36)16-42(17-37)25-8-22(12-40)32(29(38)9-25)34(44)41-13-21-4-3-5-26(33(21)48-20-41)27-11-31(28(35(45)46)10-30(27)39)43-23-6-7-24(43)15-47-14-23/h3-5,8-11,23-24H,6-7,13-20H2,1-2H3,(H,45,46). The van der Waals surface area contributed by atoms with E-state index in [1.165, 1.54) is 4.90 Å². The maximum atomic E-state index is 15.7. The third-order valence-corrected chi connectivity index (χ3v) is 10.6. The minimum atomic E-state index is -1.20. The number of rotatable bonds is 5. The summed E-state index contributed by atoms with van der Waals surface area (Å²) in [4.78, 5) is 31.6. The topological polar surface area (TPSA) is 125 Å². The van der Waals surface area contributed by atoms with Gasteiger partial charge in [-0.2, -0.15) is 5.26 Å². The number of morpholine rings is 1. The van der Waals surface area contributed by atoms with E-state index in [0.29, 0.717) is 67.8 Å². The Morgan fingerprint density at radius 1 is 1.04 bits per heavy atom. The third-order valence-electron chi connectivity index (χ3n) is 10.3. The van der Waals surface area contributed by atoms with Gasteiger partial charge in [0.2, 0.25) is 5.79 Å². The molecule has 11 nitrogen and oxygen atoms in total. The molecule has 13 heteroatoms. The SMILES string of the molecule is CC1(C)COC2(CN(c3cc(Cl)c(C(=O)N4COc5c(cccc5-c5cc(N6C7CCC6COC7)c(C(=O)O)cc5F)C4)c(C#N)c3)C2)OC1. The molecule has 1 N–H and O–H groups in total. The van der Waals surface area contributed by atoms with E-state index in [2.05, 4.69) is 24.8 Å². The summed E-state index contributed by atoms with van der Waals surface area (Å²) in [6, 6.07) is 13.4. The van der Waals surface area contributed by atoms with Crippen molar-refractivity contribution in [3.63, 3.8) is 0 Å². The van der Waals surface area contributed by atoms with Gasteiger partial charge in [0.15, 0.2) is 6.73 Å². The number of hydrogen-bond acceptors (Lipinski definition) is 9. The van der Waals surface area contributed by atoms with Gasteiger partial charge in [0.25, 0.3) is 5.91 Å². The average Bonchev–Trinajstić information content (AvgIpc) is 3.32. The summed E-state index contributed by atoms with van der Waals surface area (Å²) >= 11 is 6.71. The molecule has 5 aliphatic rings. The molecule has 5 heterocycles. The molecule has 5 aliphatic heterocycles. The first kappa shape index (κ1) is 32.8. The van der Waals surface area contributed by atoms with Gasteiger partial charge in [0, 0.05) is 27.8 Å². The first-order valence-corrected chi connectivity index (χ1v) is 17.1. The second kappa shape index (κ2) is 12.1. The molecular formula is C37H36ClFN4O7. The molecule has 50 heavy (non-hydrogen) atoms. The first-order valence-electron chi connectivity index (χ1n) is 16.7. The van der Waals surface area contributed by atoms with Gasteiger partial charge in [-0.1, -0.05) is 43.6 Å². The van der Waals surface area contributed by atoms with Crippen molar-refractivity contribution in [2.75, 3.05) is 56.0 Å². The van der Waals surface area contributed by atoms with Gasteiger partial charge in [0.1, 0.15) is 17.6 Å². The molecule has 2 bridgehead atoms. The van der Waals surface area contributed by atoms with Crippen LogP contribution in [-0.4, -0.2) is 86.0 Å². The molecule has 0 saturated carbocycles. The number of ether oxygens (including phenoxy) is 4. The predicted molar refractivity (Wildman–Crippen MR) is 181 cm³/mol. The van der Waals surface area contributed by atoms with Gasteiger partial charge < -0.3 is 38.8 Å². The summed E-state index contributed by atoms with van der Waals surface area (Å²) < 4.78 is 39.7. The number of carbonyl (C=O) groups is 2. The van der Waals surface area contributed by atoms with Crippen molar-refractivity contribution in [2.45, 2.75) is 51.1 Å². The predicted octanol–water partition coefficient (Wildman–Crippen LogP) is 5.67. The fraction of sp³-hybridized carbons (Fsp3) is 0.432. The number of nitrogens with zero attached hydrogens (tertiary/aromatic N) is 4. The van der Waals surface area contributed by atoms with Crippen LogP contribution >= 0.6 is 11.6 Å². The third kappa shape index (κ3) is 5.53. The maximum absolute atomic E-state index is 15.7. The summed E-state index contributed by atoms with van der Waals surface area (Å²) in [5, 5.41) is 20.2. The molecule has 0 aliphatic carbocycles.